The predicted molar refractivity (Wildman–Crippen MR) is 85.3 cm³/mol. The van der Waals surface area contributed by atoms with Gasteiger partial charge in [0.05, 0.1) is 24.3 Å². The van der Waals surface area contributed by atoms with Crippen LogP contribution in [0.4, 0.5) is 0 Å². The highest BCUT2D eigenvalue weighted by Gasteiger charge is 2.30. The van der Waals surface area contributed by atoms with E-state index in [0.29, 0.717) is 22.9 Å². The van der Waals surface area contributed by atoms with E-state index in [0.717, 1.165) is 5.56 Å². The van der Waals surface area contributed by atoms with Crippen LogP contribution < -0.4 is 5.32 Å². The summed E-state index contributed by atoms with van der Waals surface area (Å²) in [5.41, 5.74) is 2.32. The normalized spacial score (nSPS) is 16.7. The quantitative estimate of drug-likeness (QED) is 0.681. The number of hydrogen-bond acceptors (Lipinski definition) is 6. The topological polar surface area (TPSA) is 83.7 Å². The van der Waals surface area contributed by atoms with Crippen LogP contribution in [0.2, 0.25) is 0 Å². The molecule has 118 valence electrons. The fraction of sp³-hybridized carbons (Fsp3) is 0.235. The fourth-order valence-corrected chi connectivity index (χ4v) is 2.21. The molecule has 0 bridgehead atoms. The Morgan fingerprint density at radius 1 is 1.48 bits per heavy atom. The molecule has 0 amide bonds. The second-order valence-electron chi connectivity index (χ2n) is 4.83. The number of nitriles is 1. The van der Waals surface area contributed by atoms with E-state index in [1.807, 2.05) is 0 Å². The Labute approximate surface area is 134 Å². The largest absolute Gasteiger partial charge is 0.468 e. The number of nitrogens with zero attached hydrogens (tertiary/aromatic N) is 2. The summed E-state index contributed by atoms with van der Waals surface area (Å²) in [6, 6.07) is 8.71. The van der Waals surface area contributed by atoms with E-state index in [4.69, 9.17) is 14.7 Å². The summed E-state index contributed by atoms with van der Waals surface area (Å²) in [4.78, 5) is 16.7. The molecule has 0 radical (unpaired) electrons. The monoisotopic (exact) mass is 311 g/mol. The Kier molecular flexibility index (Phi) is 5.15. The smallest absolute Gasteiger partial charge is 0.338 e. The minimum absolute atomic E-state index is 0.122. The lowest BCUT2D eigenvalue weighted by atomic mass is 9.96. The van der Waals surface area contributed by atoms with E-state index >= 15 is 0 Å². The molecule has 0 saturated heterocycles. The fourth-order valence-electron chi connectivity index (χ4n) is 2.21. The van der Waals surface area contributed by atoms with Crippen LogP contribution in [0.3, 0.4) is 0 Å². The van der Waals surface area contributed by atoms with Gasteiger partial charge in [0.2, 0.25) is 0 Å². The second-order valence-corrected chi connectivity index (χ2v) is 4.83. The molecule has 1 aromatic carbocycles. The van der Waals surface area contributed by atoms with Gasteiger partial charge in [-0.15, -0.1) is 0 Å². The first-order chi connectivity index (χ1) is 11.1. The Morgan fingerprint density at radius 2 is 2.17 bits per heavy atom. The molecule has 0 aromatic heterocycles. The minimum atomic E-state index is -0.559. The van der Waals surface area contributed by atoms with Crippen molar-refractivity contribution in [3.63, 3.8) is 0 Å². The van der Waals surface area contributed by atoms with Crippen molar-refractivity contribution in [2.75, 3.05) is 13.7 Å². The number of carbonyl (C=O) groups excluding carboxylic acids is 1. The molecule has 0 fully saturated rings. The van der Waals surface area contributed by atoms with Crippen LogP contribution in [0.1, 0.15) is 24.1 Å². The molecule has 1 aromatic rings. The zero-order valence-electron chi connectivity index (χ0n) is 13.0. The highest BCUT2D eigenvalue weighted by atomic mass is 16.5. The number of methoxy groups -OCH3 is 1. The Morgan fingerprint density at radius 3 is 2.74 bits per heavy atom. The van der Waals surface area contributed by atoms with Gasteiger partial charge in [0.1, 0.15) is 12.6 Å². The summed E-state index contributed by atoms with van der Waals surface area (Å²) in [6.45, 7) is 5.41. The van der Waals surface area contributed by atoms with Crippen molar-refractivity contribution in [3.8, 4) is 6.07 Å². The molecule has 1 N–H and O–H groups in total. The third-order valence-corrected chi connectivity index (χ3v) is 3.32. The van der Waals surface area contributed by atoms with E-state index in [1.165, 1.54) is 13.2 Å². The Bertz CT molecular complexity index is 712. The number of allylic oxidation sites excluding steroid dienone is 1. The molecule has 0 aliphatic carbocycles. The molecule has 1 unspecified atom stereocenters. The van der Waals surface area contributed by atoms with Crippen LogP contribution >= 0.6 is 0 Å². The molecule has 6 heteroatoms. The molecule has 2 rings (SSSR count). The molecule has 1 aliphatic rings. The molecule has 6 nitrogen and oxygen atoms in total. The maximum Gasteiger partial charge on any atom is 0.338 e. The van der Waals surface area contributed by atoms with Gasteiger partial charge in [0.15, 0.2) is 0 Å². The number of rotatable bonds is 4. The van der Waals surface area contributed by atoms with Crippen LogP contribution in [-0.2, 0) is 14.3 Å². The van der Waals surface area contributed by atoms with Gasteiger partial charge >= 0.3 is 5.97 Å². The van der Waals surface area contributed by atoms with E-state index in [2.05, 4.69) is 23.0 Å². The third kappa shape index (κ3) is 3.58. The van der Waals surface area contributed by atoms with Crippen LogP contribution in [0.25, 0.3) is 0 Å². The summed E-state index contributed by atoms with van der Waals surface area (Å²) in [5.74, 6) is -0.469. The van der Waals surface area contributed by atoms with Crippen molar-refractivity contribution in [2.24, 2.45) is 4.99 Å². The summed E-state index contributed by atoms with van der Waals surface area (Å²) >= 11 is 0. The molecule has 0 saturated carbocycles. The van der Waals surface area contributed by atoms with E-state index < -0.39 is 12.0 Å². The van der Waals surface area contributed by atoms with Crippen molar-refractivity contribution in [3.05, 3.63) is 59.3 Å². The highest BCUT2D eigenvalue weighted by molar-refractivity contribution is 5.94. The van der Waals surface area contributed by atoms with Crippen molar-refractivity contribution in [1.82, 2.24) is 5.32 Å². The lowest BCUT2D eigenvalue weighted by Crippen LogP contribution is -2.33. The van der Waals surface area contributed by atoms with Gasteiger partial charge < -0.3 is 14.8 Å². The number of aliphatic imine (C=N–C) groups is 1. The number of hydrogen-bond donors (Lipinski definition) is 1. The molecular weight excluding hydrogens is 294 g/mol. The number of amidine groups is 1. The molecule has 1 aliphatic heterocycles. The summed E-state index contributed by atoms with van der Waals surface area (Å²) in [6.07, 6.45) is 1.50. The predicted octanol–water partition coefficient (Wildman–Crippen LogP) is 2.21. The van der Waals surface area contributed by atoms with Gasteiger partial charge in [-0.1, -0.05) is 24.8 Å². The van der Waals surface area contributed by atoms with Crippen molar-refractivity contribution in [2.45, 2.75) is 13.0 Å². The Hall–Kier alpha value is -3.07. The van der Waals surface area contributed by atoms with Crippen LogP contribution in [-0.4, -0.2) is 25.7 Å². The lowest BCUT2D eigenvalue weighted by molar-refractivity contribution is -0.138. The second kappa shape index (κ2) is 7.27. The van der Waals surface area contributed by atoms with Crippen LogP contribution in [0, 0.1) is 11.3 Å². The molecule has 1 heterocycles. The highest BCUT2D eigenvalue weighted by Crippen LogP contribution is 2.31. The molecule has 23 heavy (non-hydrogen) atoms. The number of benzene rings is 1. The summed E-state index contributed by atoms with van der Waals surface area (Å²) < 4.78 is 10.3. The average molecular weight is 311 g/mol. The summed E-state index contributed by atoms with van der Waals surface area (Å²) in [7, 11) is 1.50. The molecule has 0 spiro atoms. The molecule has 1 atom stereocenters. The van der Waals surface area contributed by atoms with Crippen molar-refractivity contribution >= 4 is 12.0 Å². The van der Waals surface area contributed by atoms with Gasteiger partial charge in [0, 0.05) is 5.70 Å². The SMILES string of the molecule is C=CCOC(=O)C1=C(C)NC(OC)=NC1c1ccc(C#N)cc1. The lowest BCUT2D eigenvalue weighted by Gasteiger charge is -2.25. The maximum absolute atomic E-state index is 12.3. The van der Waals surface area contributed by atoms with Crippen LogP contribution in [0.15, 0.2) is 53.2 Å². The molecular formula is C17H17N3O3. The van der Waals surface area contributed by atoms with Gasteiger partial charge in [-0.3, -0.25) is 0 Å². The van der Waals surface area contributed by atoms with E-state index in [-0.39, 0.29) is 6.61 Å². The van der Waals surface area contributed by atoms with Gasteiger partial charge in [-0.25, -0.2) is 9.79 Å². The number of nitrogens with one attached hydrogen (secondary N) is 1. The average Bonchev–Trinajstić information content (AvgIpc) is 2.58. The van der Waals surface area contributed by atoms with E-state index in [9.17, 15) is 4.79 Å². The van der Waals surface area contributed by atoms with Gasteiger partial charge in [0.25, 0.3) is 6.02 Å². The first-order valence-corrected chi connectivity index (χ1v) is 6.98. The van der Waals surface area contributed by atoms with Crippen LogP contribution in [0.5, 0.6) is 0 Å². The first kappa shape index (κ1) is 16.3. The zero-order valence-corrected chi connectivity index (χ0v) is 13.0. The first-order valence-electron chi connectivity index (χ1n) is 6.98. The van der Waals surface area contributed by atoms with Gasteiger partial charge in [-0.2, -0.15) is 5.26 Å². The van der Waals surface area contributed by atoms with E-state index in [1.54, 1.807) is 31.2 Å². The number of carbonyl (C=O) groups is 1. The zero-order chi connectivity index (χ0) is 16.8. The standard InChI is InChI=1S/C17H17N3O3/c1-4-9-23-16(21)14-11(2)19-17(22-3)20-15(14)13-7-5-12(10-18)6-8-13/h4-8,15H,1,9H2,2-3H3,(H,19,20). The minimum Gasteiger partial charge on any atom is -0.468 e. The maximum atomic E-state index is 12.3. The van der Waals surface area contributed by atoms with Gasteiger partial charge in [-0.05, 0) is 24.6 Å². The van der Waals surface area contributed by atoms with Crippen molar-refractivity contribution in [1.29, 1.82) is 5.26 Å². The number of ether oxygens (including phenoxy) is 2. The number of esters is 1. The Balaban J connectivity index is 2.41. The van der Waals surface area contributed by atoms with Crippen molar-refractivity contribution < 1.29 is 14.3 Å². The third-order valence-electron chi connectivity index (χ3n) is 3.32. The summed E-state index contributed by atoms with van der Waals surface area (Å²) in [5, 5.41) is 11.8.